The van der Waals surface area contributed by atoms with Crippen LogP contribution in [0.4, 0.5) is 68.2 Å². The first-order valence-electron chi connectivity index (χ1n) is 49.7. The molecule has 0 atom stereocenters. The number of anilines is 12. The first-order valence-corrected chi connectivity index (χ1v) is 49.7. The summed E-state index contributed by atoms with van der Waals surface area (Å²) < 4.78 is 27.8. The molecule has 0 amide bonds. The largest absolute Gasteiger partial charge is 0.456 e. The van der Waals surface area contributed by atoms with Crippen molar-refractivity contribution in [3.8, 4) is 78.6 Å². The Morgan fingerprint density at radius 2 is 0.531 bits per heavy atom. The van der Waals surface area contributed by atoms with Crippen molar-refractivity contribution in [3.05, 3.63) is 509 Å². The van der Waals surface area contributed by atoms with E-state index in [1.165, 1.54) is 86.9 Å². The molecule has 25 aromatic carbocycles. The summed E-state index contributed by atoms with van der Waals surface area (Å²) in [4.78, 5) is 9.55. The SMILES string of the molecule is CC1(C)c2ccccc2-c2ccc(N(c3ccccc3)c3cc4c5cccc6c5c(cc4c4ccccc34)-c3ccc(N(c4ccccc4-c4ccccc4)c4cccc5c4oc4ccccc45)cc3O6)cc21.c1ccc(-c2ccccc2N(c2ccc3c(c2)Oc2cccc4c2c-3cc2c3ccccc3c(N(c3ccccc3)c3ccc5c(ccc6ccccc65)c3)cc42)c2cccc3c2oc2ccccc23)cc1. The summed E-state index contributed by atoms with van der Waals surface area (Å²) in [5.74, 6) is 3.27. The van der Waals surface area contributed by atoms with Crippen molar-refractivity contribution in [2.45, 2.75) is 19.3 Å². The molecule has 8 nitrogen and oxygen atoms in total. The van der Waals surface area contributed by atoms with E-state index < -0.39 is 0 Å². The number of para-hydroxylation sites is 8. The minimum Gasteiger partial charge on any atom is -0.456 e. The van der Waals surface area contributed by atoms with Gasteiger partial charge in [0.15, 0.2) is 11.2 Å². The maximum atomic E-state index is 7.14. The highest BCUT2D eigenvalue weighted by molar-refractivity contribution is 6.29. The Morgan fingerprint density at radius 3 is 1.05 bits per heavy atom. The lowest BCUT2D eigenvalue weighted by Crippen LogP contribution is -2.16. The van der Waals surface area contributed by atoms with Gasteiger partial charge in [-0.2, -0.15) is 0 Å². The average molecular weight is 1850 g/mol. The minimum atomic E-state index is -0.142. The van der Waals surface area contributed by atoms with Gasteiger partial charge in [0.1, 0.15) is 34.2 Å². The van der Waals surface area contributed by atoms with Crippen molar-refractivity contribution < 1.29 is 18.3 Å². The van der Waals surface area contributed by atoms with E-state index in [-0.39, 0.29) is 5.41 Å². The van der Waals surface area contributed by atoms with Gasteiger partial charge in [-0.15, -0.1) is 0 Å². The lowest BCUT2D eigenvalue weighted by atomic mass is 9.82. The molecule has 0 fully saturated rings. The molecule has 0 N–H and O–H groups in total. The van der Waals surface area contributed by atoms with Gasteiger partial charge in [-0.3, -0.25) is 0 Å². The van der Waals surface area contributed by atoms with E-state index in [9.17, 15) is 0 Å². The fourth-order valence-electron chi connectivity index (χ4n) is 23.8. The molecule has 680 valence electrons. The predicted molar refractivity (Wildman–Crippen MR) is 606 cm³/mol. The van der Waals surface area contributed by atoms with Gasteiger partial charge in [0.2, 0.25) is 0 Å². The third kappa shape index (κ3) is 13.2. The molecule has 8 heteroatoms. The van der Waals surface area contributed by atoms with Crippen molar-refractivity contribution in [2.24, 2.45) is 0 Å². The third-order valence-electron chi connectivity index (χ3n) is 30.4. The Morgan fingerprint density at radius 1 is 0.172 bits per heavy atom. The van der Waals surface area contributed by atoms with E-state index in [4.69, 9.17) is 18.3 Å². The number of benzene rings is 25. The fraction of sp³-hybridized carbons (Fsp3) is 0.0219. The number of hydrogen-bond acceptors (Lipinski definition) is 8. The van der Waals surface area contributed by atoms with Crippen LogP contribution in [0.1, 0.15) is 25.0 Å². The lowest BCUT2D eigenvalue weighted by Gasteiger charge is -2.30. The molecule has 0 bridgehead atoms. The van der Waals surface area contributed by atoms with Gasteiger partial charge in [-0.1, -0.05) is 354 Å². The monoisotopic (exact) mass is 1850 g/mol. The van der Waals surface area contributed by atoms with Gasteiger partial charge in [-0.25, -0.2) is 0 Å². The number of furan rings is 2. The first kappa shape index (κ1) is 83.0. The highest BCUT2D eigenvalue weighted by Gasteiger charge is 2.38. The lowest BCUT2D eigenvalue weighted by molar-refractivity contribution is 0.487. The Hall–Kier alpha value is -19.0. The summed E-state index contributed by atoms with van der Waals surface area (Å²) in [5, 5.41) is 23.3. The van der Waals surface area contributed by atoms with Gasteiger partial charge in [0.25, 0.3) is 0 Å². The van der Waals surface area contributed by atoms with Gasteiger partial charge in [-0.05, 0) is 255 Å². The number of nitrogens with zero attached hydrogens (tertiary/aromatic N) is 4. The van der Waals surface area contributed by atoms with Crippen LogP contribution in [0.5, 0.6) is 23.0 Å². The molecule has 4 heterocycles. The van der Waals surface area contributed by atoms with E-state index in [0.717, 1.165) is 201 Å². The molecular formula is C137H88N4O4. The quantitative estimate of drug-likeness (QED) is 0.0999. The smallest absolute Gasteiger partial charge is 0.159 e. The topological polar surface area (TPSA) is 57.7 Å². The molecule has 0 unspecified atom stereocenters. The van der Waals surface area contributed by atoms with Gasteiger partial charge < -0.3 is 37.9 Å². The number of rotatable bonds is 14. The summed E-state index contributed by atoms with van der Waals surface area (Å²) in [6.07, 6.45) is 0. The van der Waals surface area contributed by atoms with Crippen molar-refractivity contribution in [3.63, 3.8) is 0 Å². The van der Waals surface area contributed by atoms with Gasteiger partial charge in [0.05, 0.1) is 45.5 Å². The molecular weight excluding hydrogens is 1770 g/mol. The second-order valence-electron chi connectivity index (χ2n) is 38.7. The molecule has 2 aliphatic heterocycles. The van der Waals surface area contributed by atoms with Gasteiger partial charge in [0, 0.05) is 106 Å². The molecule has 0 spiro atoms. The highest BCUT2D eigenvalue weighted by atomic mass is 16.5. The summed E-state index contributed by atoms with van der Waals surface area (Å²) in [6.45, 7) is 4.71. The van der Waals surface area contributed by atoms with Crippen molar-refractivity contribution in [2.75, 3.05) is 19.6 Å². The van der Waals surface area contributed by atoms with E-state index in [1.54, 1.807) is 0 Å². The highest BCUT2D eigenvalue weighted by Crippen LogP contribution is 2.60. The molecule has 0 saturated carbocycles. The fourth-order valence-corrected chi connectivity index (χ4v) is 23.8. The molecule has 30 rings (SSSR count). The standard InChI is InChI=1S/C69H46N2O2.C68H42N2O2/c1-69(2)59-30-14-11-25-49(59)50-37-35-45(39-60(50)69)70(44-21-7-4-8-22-44)63-42-57-54-28-18-34-65-67(54)58(41-56(57)48-24-9-10-26-51(48)63)53-38-36-46(40-66(53)72-65)71(61-31-15-12-23-47(61)43-19-5-3-6-20-43)62-32-17-29-55-52-27-13-16-33-64(52)73-68(55)62;1-3-17-43(18-4-1)51-23-11-13-29-61(51)70(62-30-15-28-57-54-26-12-14-31-64(54)72-68(57)62)48-36-38-55-60-41-58-52-24-9-10-25-53(52)63(42-59(58)56-27-16-32-65(67(56)60)71-66(55)40-48)69(46-20-5-2-6-21-46)47-35-37-50-45(39-47)34-33-44-19-7-8-22-49(44)50/h3-42H,1-2H3;1-42H. The Labute approximate surface area is 836 Å². The molecule has 27 aromatic rings. The Balaban J connectivity index is 0.000000138. The average Bonchev–Trinajstić information content (AvgIpc) is 1.22. The summed E-state index contributed by atoms with van der Waals surface area (Å²) in [6, 6.07) is 179. The second-order valence-corrected chi connectivity index (χ2v) is 38.7. The first-order chi connectivity index (χ1) is 71.7. The molecule has 1 aliphatic carbocycles. The van der Waals surface area contributed by atoms with E-state index >= 15 is 0 Å². The Kier molecular flexibility index (Phi) is 18.9. The summed E-state index contributed by atoms with van der Waals surface area (Å²) >= 11 is 0. The van der Waals surface area contributed by atoms with Crippen molar-refractivity contribution in [1.82, 2.24) is 0 Å². The van der Waals surface area contributed by atoms with Crippen LogP contribution >= 0.6 is 0 Å². The van der Waals surface area contributed by atoms with E-state index in [2.05, 4.69) is 507 Å². The van der Waals surface area contributed by atoms with Crippen molar-refractivity contribution in [1.29, 1.82) is 0 Å². The summed E-state index contributed by atoms with van der Waals surface area (Å²) in [5.41, 5.74) is 30.0. The normalized spacial score (nSPS) is 12.5. The number of fused-ring (bicyclic) bond motifs is 24. The minimum absolute atomic E-state index is 0.142. The van der Waals surface area contributed by atoms with E-state index in [1.807, 2.05) is 24.3 Å². The van der Waals surface area contributed by atoms with E-state index in [0.29, 0.717) is 0 Å². The van der Waals surface area contributed by atoms with Crippen molar-refractivity contribution >= 4 is 198 Å². The zero-order valence-electron chi connectivity index (χ0n) is 79.3. The van der Waals surface area contributed by atoms with Crippen LogP contribution in [0, 0.1) is 0 Å². The number of ether oxygens (including phenoxy) is 2. The van der Waals surface area contributed by atoms with Gasteiger partial charge >= 0.3 is 0 Å². The molecule has 2 aromatic heterocycles. The zero-order chi connectivity index (χ0) is 95.6. The number of hydrogen-bond donors (Lipinski definition) is 0. The van der Waals surface area contributed by atoms with Crippen LogP contribution in [-0.4, -0.2) is 0 Å². The maximum absolute atomic E-state index is 7.14. The summed E-state index contributed by atoms with van der Waals surface area (Å²) in [7, 11) is 0. The molecule has 0 saturated heterocycles. The van der Waals surface area contributed by atoms with Crippen LogP contribution < -0.4 is 29.1 Å². The third-order valence-corrected chi connectivity index (χ3v) is 30.4. The Bertz CT molecular complexity index is 10000. The van der Waals surface area contributed by atoms with Crippen LogP contribution in [0.3, 0.4) is 0 Å². The van der Waals surface area contributed by atoms with Crippen LogP contribution in [0.15, 0.2) is 506 Å². The molecule has 3 aliphatic rings. The van der Waals surface area contributed by atoms with Crippen LogP contribution in [0.2, 0.25) is 0 Å². The maximum Gasteiger partial charge on any atom is 0.159 e. The predicted octanol–water partition coefficient (Wildman–Crippen LogP) is 39.5. The zero-order valence-corrected chi connectivity index (χ0v) is 79.3. The molecule has 0 radical (unpaired) electrons. The van der Waals surface area contributed by atoms with Crippen LogP contribution in [0.25, 0.3) is 186 Å². The second kappa shape index (κ2) is 33.1. The molecule has 145 heavy (non-hydrogen) atoms. The van der Waals surface area contributed by atoms with Crippen LogP contribution in [-0.2, 0) is 5.41 Å².